The molecule has 0 aromatic heterocycles. The van der Waals surface area contributed by atoms with Crippen LogP contribution >= 0.6 is 0 Å². The molecule has 0 aliphatic carbocycles. The van der Waals surface area contributed by atoms with Gasteiger partial charge in [-0.1, -0.05) is 24.3 Å². The van der Waals surface area contributed by atoms with Crippen molar-refractivity contribution in [2.45, 2.75) is 26.1 Å². The van der Waals surface area contributed by atoms with Crippen molar-refractivity contribution in [3.63, 3.8) is 0 Å². The van der Waals surface area contributed by atoms with E-state index in [2.05, 4.69) is 5.32 Å². The topological polar surface area (TPSA) is 69.1 Å². The number of halogens is 1. The van der Waals surface area contributed by atoms with Crippen LogP contribution in [0.5, 0.6) is 0 Å². The number of nitrogens with one attached hydrogen (secondary N) is 2. The number of ether oxygens (including phenoxy) is 2. The monoisotopic (exact) mass is 401 g/mol. The van der Waals surface area contributed by atoms with E-state index < -0.39 is 18.0 Å². The number of carbonyl (C=O) groups is 2. The number of morpholine rings is 1. The van der Waals surface area contributed by atoms with Crippen molar-refractivity contribution in [3.05, 3.63) is 71.0 Å². The molecule has 2 aromatic carbocycles. The molecule has 3 rings (SSSR count). The zero-order valence-electron chi connectivity index (χ0n) is 16.4. The molecular formula is C22H26FN2O4+. The highest BCUT2D eigenvalue weighted by atomic mass is 19.1. The molecule has 1 saturated heterocycles. The van der Waals surface area contributed by atoms with Crippen LogP contribution in [-0.4, -0.2) is 44.3 Å². The van der Waals surface area contributed by atoms with Crippen LogP contribution in [-0.2, 0) is 27.4 Å². The first-order chi connectivity index (χ1) is 14.0. The van der Waals surface area contributed by atoms with E-state index in [0.29, 0.717) is 5.56 Å². The lowest BCUT2D eigenvalue weighted by Gasteiger charge is -2.23. The van der Waals surface area contributed by atoms with Crippen LogP contribution < -0.4 is 10.2 Å². The average molecular weight is 401 g/mol. The summed E-state index contributed by atoms with van der Waals surface area (Å²) in [6.45, 7) is 6.17. The molecule has 29 heavy (non-hydrogen) atoms. The van der Waals surface area contributed by atoms with Crippen molar-refractivity contribution in [1.82, 2.24) is 5.32 Å². The summed E-state index contributed by atoms with van der Waals surface area (Å²) >= 11 is 0. The molecule has 2 N–H and O–H groups in total. The van der Waals surface area contributed by atoms with E-state index in [1.54, 1.807) is 24.3 Å². The Labute approximate surface area is 169 Å². The Morgan fingerprint density at radius 3 is 2.34 bits per heavy atom. The van der Waals surface area contributed by atoms with Crippen molar-refractivity contribution in [1.29, 1.82) is 0 Å². The van der Waals surface area contributed by atoms with E-state index in [1.165, 1.54) is 24.0 Å². The first-order valence-electron chi connectivity index (χ1n) is 9.74. The van der Waals surface area contributed by atoms with Gasteiger partial charge in [0.15, 0.2) is 6.10 Å². The van der Waals surface area contributed by atoms with Gasteiger partial charge in [0, 0.05) is 12.1 Å². The maximum Gasteiger partial charge on any atom is 0.338 e. The third-order valence-corrected chi connectivity index (χ3v) is 4.88. The van der Waals surface area contributed by atoms with Gasteiger partial charge in [0.1, 0.15) is 25.5 Å². The summed E-state index contributed by atoms with van der Waals surface area (Å²) in [6.07, 6.45) is -0.930. The first-order valence-corrected chi connectivity index (χ1v) is 9.74. The highest BCUT2D eigenvalue weighted by molar-refractivity contribution is 5.92. The summed E-state index contributed by atoms with van der Waals surface area (Å²) in [7, 11) is 0. The molecule has 1 aliphatic heterocycles. The zero-order chi connectivity index (χ0) is 20.6. The van der Waals surface area contributed by atoms with Crippen molar-refractivity contribution in [3.8, 4) is 0 Å². The van der Waals surface area contributed by atoms with Crippen LogP contribution in [0.15, 0.2) is 48.5 Å². The minimum absolute atomic E-state index is 0.236. The van der Waals surface area contributed by atoms with E-state index in [-0.39, 0.29) is 12.4 Å². The molecule has 0 radical (unpaired) electrons. The Balaban J connectivity index is 1.46. The van der Waals surface area contributed by atoms with Gasteiger partial charge in [-0.15, -0.1) is 0 Å². The molecule has 0 spiro atoms. The minimum atomic E-state index is -0.930. The number of rotatable bonds is 7. The minimum Gasteiger partial charge on any atom is -0.449 e. The predicted molar refractivity (Wildman–Crippen MR) is 105 cm³/mol. The van der Waals surface area contributed by atoms with Crippen molar-refractivity contribution < 1.29 is 28.4 Å². The second kappa shape index (κ2) is 10.1. The molecule has 1 heterocycles. The Bertz CT molecular complexity index is 818. The van der Waals surface area contributed by atoms with Gasteiger partial charge in [-0.25, -0.2) is 9.18 Å². The number of amides is 1. The summed E-state index contributed by atoms with van der Waals surface area (Å²) in [6, 6.07) is 13.1. The summed E-state index contributed by atoms with van der Waals surface area (Å²) in [5.74, 6) is -1.28. The van der Waals surface area contributed by atoms with Gasteiger partial charge < -0.3 is 19.7 Å². The lowest BCUT2D eigenvalue weighted by atomic mass is 10.1. The molecule has 0 saturated carbocycles. The smallest absolute Gasteiger partial charge is 0.338 e. The first kappa shape index (κ1) is 21.0. The zero-order valence-corrected chi connectivity index (χ0v) is 16.4. The third kappa shape index (κ3) is 6.37. The molecule has 1 atom stereocenters. The Hall–Kier alpha value is -2.77. The van der Waals surface area contributed by atoms with Crippen molar-refractivity contribution >= 4 is 11.9 Å². The number of quaternary nitrogens is 1. The third-order valence-electron chi connectivity index (χ3n) is 4.88. The number of benzene rings is 2. The fourth-order valence-electron chi connectivity index (χ4n) is 3.10. The van der Waals surface area contributed by atoms with Gasteiger partial charge in [0.05, 0.1) is 18.8 Å². The van der Waals surface area contributed by atoms with Crippen molar-refractivity contribution in [2.75, 3.05) is 26.3 Å². The Kier molecular flexibility index (Phi) is 7.32. The molecule has 1 amide bonds. The maximum absolute atomic E-state index is 12.9. The normalized spacial score (nSPS) is 15.5. The standard InChI is InChI=1S/C22H25FN2O4/c1-16(21(26)24-14-17-4-8-20(23)9-5-17)29-22(27)19-6-2-18(3-7-19)15-25-10-12-28-13-11-25/h2-9,16H,10-15H2,1H3,(H,24,26)/p+1/t16-/m0/s1. The molecule has 0 bridgehead atoms. The molecule has 6 nitrogen and oxygen atoms in total. The molecule has 1 fully saturated rings. The van der Waals surface area contributed by atoms with Gasteiger partial charge >= 0.3 is 5.97 Å². The highest BCUT2D eigenvalue weighted by Gasteiger charge is 2.19. The molecule has 154 valence electrons. The molecule has 7 heteroatoms. The van der Waals surface area contributed by atoms with Crippen LogP contribution in [0.25, 0.3) is 0 Å². The van der Waals surface area contributed by atoms with E-state index in [1.807, 2.05) is 12.1 Å². The fourth-order valence-corrected chi connectivity index (χ4v) is 3.10. The lowest BCUT2D eigenvalue weighted by Crippen LogP contribution is -3.12. The molecule has 0 unspecified atom stereocenters. The summed E-state index contributed by atoms with van der Waals surface area (Å²) < 4.78 is 23.5. The average Bonchev–Trinajstić information content (AvgIpc) is 2.74. The lowest BCUT2D eigenvalue weighted by molar-refractivity contribution is -0.921. The molecular weight excluding hydrogens is 375 g/mol. The van der Waals surface area contributed by atoms with E-state index >= 15 is 0 Å². The molecule has 1 aliphatic rings. The van der Waals surface area contributed by atoms with Gasteiger partial charge in [0.25, 0.3) is 5.91 Å². The summed E-state index contributed by atoms with van der Waals surface area (Å²) in [5, 5.41) is 2.68. The second-order valence-corrected chi connectivity index (χ2v) is 7.13. The van der Waals surface area contributed by atoms with Gasteiger partial charge in [-0.3, -0.25) is 4.79 Å². The fraction of sp³-hybridized carbons (Fsp3) is 0.364. The predicted octanol–water partition coefficient (Wildman–Crippen LogP) is 1.10. The van der Waals surface area contributed by atoms with Crippen LogP contribution in [0.2, 0.25) is 0 Å². The number of hydrogen-bond acceptors (Lipinski definition) is 4. The van der Waals surface area contributed by atoms with Gasteiger partial charge in [-0.2, -0.15) is 0 Å². The summed E-state index contributed by atoms with van der Waals surface area (Å²) in [5.41, 5.74) is 2.31. The number of esters is 1. The Morgan fingerprint density at radius 2 is 1.69 bits per heavy atom. The van der Waals surface area contributed by atoms with Crippen LogP contribution in [0, 0.1) is 5.82 Å². The highest BCUT2D eigenvalue weighted by Crippen LogP contribution is 2.08. The summed E-state index contributed by atoms with van der Waals surface area (Å²) in [4.78, 5) is 25.9. The van der Waals surface area contributed by atoms with Gasteiger partial charge in [-0.05, 0) is 36.8 Å². The van der Waals surface area contributed by atoms with E-state index in [4.69, 9.17) is 9.47 Å². The maximum atomic E-state index is 12.9. The quantitative estimate of drug-likeness (QED) is 0.682. The largest absolute Gasteiger partial charge is 0.449 e. The molecule has 2 aromatic rings. The van der Waals surface area contributed by atoms with Crippen molar-refractivity contribution in [2.24, 2.45) is 0 Å². The van der Waals surface area contributed by atoms with E-state index in [0.717, 1.165) is 44.0 Å². The van der Waals surface area contributed by atoms with Crippen LogP contribution in [0.4, 0.5) is 4.39 Å². The second-order valence-electron chi connectivity index (χ2n) is 7.13. The van der Waals surface area contributed by atoms with Crippen LogP contribution in [0.1, 0.15) is 28.4 Å². The SMILES string of the molecule is C[C@H](OC(=O)c1ccc(C[NH+]2CCOCC2)cc1)C(=O)NCc1ccc(F)cc1. The van der Waals surface area contributed by atoms with Crippen LogP contribution in [0.3, 0.4) is 0 Å². The van der Waals surface area contributed by atoms with E-state index in [9.17, 15) is 14.0 Å². The van der Waals surface area contributed by atoms with Gasteiger partial charge in [0.2, 0.25) is 0 Å². The number of carbonyl (C=O) groups excluding carboxylic acids is 2. The Morgan fingerprint density at radius 1 is 1.07 bits per heavy atom. The number of hydrogen-bond donors (Lipinski definition) is 2.